The Morgan fingerprint density at radius 2 is 2.00 bits per heavy atom. The Hall–Kier alpha value is 0.350. The molecule has 54 valence electrons. The van der Waals surface area contributed by atoms with Gasteiger partial charge in [-0.2, -0.15) is 0 Å². The predicted octanol–water partition coefficient (Wildman–Crippen LogP) is 0.636. The molecule has 1 aliphatic rings. The van der Waals surface area contributed by atoms with Crippen molar-refractivity contribution in [1.29, 1.82) is 0 Å². The van der Waals surface area contributed by atoms with Crippen molar-refractivity contribution in [2.45, 2.75) is 37.4 Å². The van der Waals surface area contributed by atoms with Gasteiger partial charge in [0, 0.05) is 6.04 Å². The van der Waals surface area contributed by atoms with Gasteiger partial charge in [0.1, 0.15) is 0 Å². The molecule has 0 heterocycles. The average molecular weight is 146 g/mol. The van der Waals surface area contributed by atoms with Crippen LogP contribution < -0.4 is 11.3 Å². The number of hydrazine groups is 1. The van der Waals surface area contributed by atoms with Gasteiger partial charge in [0.2, 0.25) is 0 Å². The van der Waals surface area contributed by atoms with E-state index in [9.17, 15) is 0 Å². The van der Waals surface area contributed by atoms with E-state index in [1.54, 1.807) is 0 Å². The summed E-state index contributed by atoms with van der Waals surface area (Å²) in [6.45, 7) is 0. The maximum atomic E-state index is 5.33. The molecule has 2 nitrogen and oxygen atoms in total. The van der Waals surface area contributed by atoms with E-state index < -0.39 is 0 Å². The first kappa shape index (κ1) is 7.46. The molecule has 9 heavy (non-hydrogen) atoms. The molecule has 3 atom stereocenters. The van der Waals surface area contributed by atoms with Gasteiger partial charge in [-0.1, -0.05) is 12.8 Å². The lowest BCUT2D eigenvalue weighted by molar-refractivity contribution is 0.389. The van der Waals surface area contributed by atoms with E-state index in [2.05, 4.69) is 14.7 Å². The van der Waals surface area contributed by atoms with Crippen molar-refractivity contribution in [2.24, 2.45) is 5.84 Å². The highest BCUT2D eigenvalue weighted by Crippen LogP contribution is 2.23. The summed E-state index contributed by atoms with van der Waals surface area (Å²) in [4.78, 5) is 0. The highest BCUT2D eigenvalue weighted by atomic mass is 31.0. The molecule has 1 aliphatic carbocycles. The van der Waals surface area contributed by atoms with E-state index in [1.165, 1.54) is 25.7 Å². The Morgan fingerprint density at radius 3 is 2.44 bits per heavy atom. The normalized spacial score (nSPS) is 36.7. The second-order valence-electron chi connectivity index (χ2n) is 2.72. The molecule has 0 amide bonds. The van der Waals surface area contributed by atoms with Crippen molar-refractivity contribution in [2.75, 3.05) is 0 Å². The van der Waals surface area contributed by atoms with Gasteiger partial charge in [0.25, 0.3) is 0 Å². The van der Waals surface area contributed by atoms with Gasteiger partial charge in [-0.15, -0.1) is 9.24 Å². The van der Waals surface area contributed by atoms with E-state index in [1.807, 2.05) is 0 Å². The van der Waals surface area contributed by atoms with Gasteiger partial charge >= 0.3 is 0 Å². The minimum absolute atomic E-state index is 0.545. The van der Waals surface area contributed by atoms with Crippen LogP contribution in [0.15, 0.2) is 0 Å². The van der Waals surface area contributed by atoms with E-state index in [-0.39, 0.29) is 0 Å². The van der Waals surface area contributed by atoms with Gasteiger partial charge < -0.3 is 0 Å². The first-order valence-corrected chi connectivity index (χ1v) is 4.23. The van der Waals surface area contributed by atoms with Crippen LogP contribution in [0.2, 0.25) is 0 Å². The maximum Gasteiger partial charge on any atom is 0.0273 e. The molecule has 0 spiro atoms. The highest BCUT2D eigenvalue weighted by Gasteiger charge is 2.19. The van der Waals surface area contributed by atoms with Crippen LogP contribution in [-0.4, -0.2) is 11.7 Å². The number of hydrogen-bond donors (Lipinski definition) is 2. The molecule has 1 saturated carbocycles. The molecule has 1 rings (SSSR count). The molecule has 0 aromatic carbocycles. The summed E-state index contributed by atoms with van der Waals surface area (Å²) in [6, 6.07) is 0.545. The van der Waals surface area contributed by atoms with Crippen LogP contribution in [0.1, 0.15) is 25.7 Å². The summed E-state index contributed by atoms with van der Waals surface area (Å²) >= 11 is 0. The van der Waals surface area contributed by atoms with Crippen LogP contribution in [0.4, 0.5) is 0 Å². The van der Waals surface area contributed by atoms with Crippen LogP contribution >= 0.6 is 9.24 Å². The molecular formula is C6H15N2P. The van der Waals surface area contributed by atoms with E-state index >= 15 is 0 Å². The lowest BCUT2D eigenvalue weighted by Crippen LogP contribution is -2.43. The Bertz CT molecular complexity index is 87.1. The zero-order valence-electron chi connectivity index (χ0n) is 5.64. The third-order valence-electron chi connectivity index (χ3n) is 2.03. The van der Waals surface area contributed by atoms with Gasteiger partial charge in [-0.3, -0.25) is 11.3 Å². The number of rotatable bonds is 1. The SMILES string of the molecule is NNC1CCCCC1P. The Morgan fingerprint density at radius 1 is 1.33 bits per heavy atom. The Balaban J connectivity index is 2.30. The Labute approximate surface area is 58.7 Å². The largest absolute Gasteiger partial charge is 0.271 e. The quantitative estimate of drug-likeness (QED) is 0.323. The van der Waals surface area contributed by atoms with Crippen molar-refractivity contribution in [1.82, 2.24) is 5.43 Å². The summed E-state index contributed by atoms with van der Waals surface area (Å²) in [6.07, 6.45) is 5.25. The van der Waals surface area contributed by atoms with E-state index in [0.717, 1.165) is 0 Å². The Kier molecular flexibility index (Phi) is 2.90. The molecule has 3 N–H and O–H groups in total. The molecule has 0 aromatic heterocycles. The average Bonchev–Trinajstić information content (AvgIpc) is 1.89. The van der Waals surface area contributed by atoms with Gasteiger partial charge in [0.05, 0.1) is 0 Å². The monoisotopic (exact) mass is 146 g/mol. The van der Waals surface area contributed by atoms with Crippen LogP contribution in [0.25, 0.3) is 0 Å². The maximum absolute atomic E-state index is 5.33. The second kappa shape index (κ2) is 3.50. The fraction of sp³-hybridized carbons (Fsp3) is 1.00. The number of nitrogens with one attached hydrogen (secondary N) is 1. The predicted molar refractivity (Wildman–Crippen MR) is 43.1 cm³/mol. The number of hydrogen-bond acceptors (Lipinski definition) is 2. The minimum atomic E-state index is 0.545. The molecule has 1 fully saturated rings. The fourth-order valence-electron chi connectivity index (χ4n) is 1.37. The lowest BCUT2D eigenvalue weighted by Gasteiger charge is -2.27. The fourth-order valence-corrected chi connectivity index (χ4v) is 1.91. The second-order valence-corrected chi connectivity index (χ2v) is 3.58. The summed E-state index contributed by atoms with van der Waals surface area (Å²) < 4.78 is 0. The van der Waals surface area contributed by atoms with E-state index in [0.29, 0.717) is 11.7 Å². The van der Waals surface area contributed by atoms with Gasteiger partial charge in [-0.05, 0) is 18.5 Å². The van der Waals surface area contributed by atoms with Crippen LogP contribution in [0, 0.1) is 0 Å². The molecule has 0 aliphatic heterocycles. The summed E-state index contributed by atoms with van der Waals surface area (Å²) in [5.74, 6) is 5.33. The standard InChI is InChI=1S/C6H15N2P/c7-8-5-3-1-2-4-6(5)9/h5-6,8H,1-4,7,9H2. The topological polar surface area (TPSA) is 38.0 Å². The first-order valence-electron chi connectivity index (χ1n) is 3.56. The number of nitrogens with two attached hydrogens (primary N) is 1. The van der Waals surface area contributed by atoms with Crippen LogP contribution in [0.3, 0.4) is 0 Å². The molecule has 3 unspecified atom stereocenters. The lowest BCUT2D eigenvalue weighted by atomic mass is 9.95. The van der Waals surface area contributed by atoms with Crippen molar-refractivity contribution in [3.8, 4) is 0 Å². The molecular weight excluding hydrogens is 131 g/mol. The van der Waals surface area contributed by atoms with Crippen molar-refractivity contribution in [3.05, 3.63) is 0 Å². The molecule has 3 heteroatoms. The van der Waals surface area contributed by atoms with Gasteiger partial charge in [-0.25, -0.2) is 0 Å². The molecule has 0 radical (unpaired) electrons. The molecule has 0 aromatic rings. The molecule has 0 bridgehead atoms. The van der Waals surface area contributed by atoms with Crippen molar-refractivity contribution >= 4 is 9.24 Å². The van der Waals surface area contributed by atoms with E-state index in [4.69, 9.17) is 5.84 Å². The third-order valence-corrected chi connectivity index (χ3v) is 2.83. The zero-order chi connectivity index (χ0) is 6.69. The first-order chi connectivity index (χ1) is 4.34. The van der Waals surface area contributed by atoms with Crippen LogP contribution in [-0.2, 0) is 0 Å². The van der Waals surface area contributed by atoms with Crippen molar-refractivity contribution in [3.63, 3.8) is 0 Å². The smallest absolute Gasteiger partial charge is 0.0273 e. The van der Waals surface area contributed by atoms with Crippen LogP contribution in [0.5, 0.6) is 0 Å². The zero-order valence-corrected chi connectivity index (χ0v) is 6.79. The summed E-state index contributed by atoms with van der Waals surface area (Å²) in [7, 11) is 2.85. The van der Waals surface area contributed by atoms with Gasteiger partial charge in [0.15, 0.2) is 0 Å². The molecule has 0 saturated heterocycles. The summed E-state index contributed by atoms with van der Waals surface area (Å²) in [5.41, 5.74) is 3.53. The van der Waals surface area contributed by atoms with Crippen molar-refractivity contribution < 1.29 is 0 Å². The summed E-state index contributed by atoms with van der Waals surface area (Å²) in [5, 5.41) is 0. The third kappa shape index (κ3) is 1.89. The highest BCUT2D eigenvalue weighted by molar-refractivity contribution is 7.17. The minimum Gasteiger partial charge on any atom is -0.271 e.